The zero-order chi connectivity index (χ0) is 24.0. The van der Waals surface area contributed by atoms with Gasteiger partial charge in [-0.25, -0.2) is 8.42 Å². The Morgan fingerprint density at radius 2 is 1.79 bits per heavy atom. The second-order valence-corrected chi connectivity index (χ2v) is 9.99. The van der Waals surface area contributed by atoms with Gasteiger partial charge in [-0.2, -0.15) is 0 Å². The van der Waals surface area contributed by atoms with Crippen molar-refractivity contribution in [1.82, 2.24) is 15.4 Å². The number of benzene rings is 2. The summed E-state index contributed by atoms with van der Waals surface area (Å²) in [5.41, 5.74) is 1.83. The molecule has 1 amide bonds. The first kappa shape index (κ1) is 24.5. The Morgan fingerprint density at radius 1 is 1.12 bits per heavy atom. The van der Waals surface area contributed by atoms with E-state index in [0.29, 0.717) is 24.3 Å². The molecule has 0 spiro atoms. The Hall–Kier alpha value is -3.17. The Morgan fingerprint density at radius 3 is 2.36 bits per heavy atom. The zero-order valence-corrected chi connectivity index (χ0v) is 20.1. The largest absolute Gasteiger partial charge is 0.497 e. The van der Waals surface area contributed by atoms with E-state index in [1.807, 2.05) is 50.2 Å². The fraction of sp³-hybridized carbons (Fsp3) is 0.333. The third-order valence-corrected chi connectivity index (χ3v) is 7.23. The predicted molar refractivity (Wildman–Crippen MR) is 126 cm³/mol. The lowest BCUT2D eigenvalue weighted by Gasteiger charge is -2.25. The van der Waals surface area contributed by atoms with Gasteiger partial charge in [0.1, 0.15) is 5.75 Å². The van der Waals surface area contributed by atoms with Gasteiger partial charge in [0.15, 0.2) is 21.3 Å². The highest BCUT2D eigenvalue weighted by atomic mass is 32.2. The molecule has 1 heterocycles. The lowest BCUT2D eigenvalue weighted by atomic mass is 10.1. The van der Waals surface area contributed by atoms with Gasteiger partial charge < -0.3 is 19.5 Å². The summed E-state index contributed by atoms with van der Waals surface area (Å²) in [4.78, 5) is 14.9. The second kappa shape index (κ2) is 10.6. The number of carbonyl (C=O) groups excluding carboxylic acids is 1. The van der Waals surface area contributed by atoms with Gasteiger partial charge in [-0.3, -0.25) is 4.79 Å². The van der Waals surface area contributed by atoms with Crippen molar-refractivity contribution in [3.8, 4) is 17.1 Å². The number of ether oxygens (including phenoxy) is 1. The first-order valence-corrected chi connectivity index (χ1v) is 12.3. The first-order valence-electron chi connectivity index (χ1n) is 10.6. The van der Waals surface area contributed by atoms with Crippen LogP contribution in [0.25, 0.3) is 11.3 Å². The highest BCUT2D eigenvalue weighted by Crippen LogP contribution is 2.24. The molecule has 2 aromatic carbocycles. The van der Waals surface area contributed by atoms with Crippen LogP contribution < -0.4 is 10.1 Å². The van der Waals surface area contributed by atoms with Crippen LogP contribution in [0.15, 0.2) is 64.0 Å². The van der Waals surface area contributed by atoms with Crippen LogP contribution in [0, 0.1) is 0 Å². The van der Waals surface area contributed by atoms with E-state index in [0.717, 1.165) is 11.3 Å². The standard InChI is InChI=1S/C24H29N3O5S/c1-5-14-33(29,30)20-12-8-18(9-13-20)23-15-21(26-32-23)24(28)25-16-22(27(2)3)17-6-10-19(31-4)11-7-17/h6-13,15,22H,5,14,16H2,1-4H3,(H,25,28). The monoisotopic (exact) mass is 471 g/mol. The van der Waals surface area contributed by atoms with E-state index in [9.17, 15) is 13.2 Å². The zero-order valence-electron chi connectivity index (χ0n) is 19.2. The number of likely N-dealkylation sites (N-methyl/N-ethyl adjacent to an activating group) is 1. The van der Waals surface area contributed by atoms with Crippen LogP contribution in [0.5, 0.6) is 5.75 Å². The van der Waals surface area contributed by atoms with Gasteiger partial charge in [-0.15, -0.1) is 0 Å². The van der Waals surface area contributed by atoms with Crippen molar-refractivity contribution in [3.05, 3.63) is 65.9 Å². The van der Waals surface area contributed by atoms with Crippen molar-refractivity contribution in [1.29, 1.82) is 0 Å². The smallest absolute Gasteiger partial charge is 0.273 e. The lowest BCUT2D eigenvalue weighted by molar-refractivity contribution is 0.0933. The van der Waals surface area contributed by atoms with Gasteiger partial charge in [0.2, 0.25) is 0 Å². The molecule has 1 unspecified atom stereocenters. The second-order valence-electron chi connectivity index (χ2n) is 7.88. The number of aromatic nitrogens is 1. The van der Waals surface area contributed by atoms with Gasteiger partial charge >= 0.3 is 0 Å². The number of hydrogen-bond donors (Lipinski definition) is 1. The van der Waals surface area contributed by atoms with Crippen molar-refractivity contribution < 1.29 is 22.5 Å². The summed E-state index contributed by atoms with van der Waals surface area (Å²) in [5, 5.41) is 6.78. The molecular formula is C24H29N3O5S. The number of sulfone groups is 1. The Labute approximate surface area is 194 Å². The topological polar surface area (TPSA) is 102 Å². The summed E-state index contributed by atoms with van der Waals surface area (Å²) in [6, 6.07) is 15.6. The van der Waals surface area contributed by atoms with E-state index in [1.165, 1.54) is 0 Å². The molecule has 0 aliphatic rings. The SMILES string of the molecule is CCCS(=O)(=O)c1ccc(-c2cc(C(=O)NCC(c3ccc(OC)cc3)N(C)C)no2)cc1. The first-order chi connectivity index (χ1) is 15.7. The summed E-state index contributed by atoms with van der Waals surface area (Å²) >= 11 is 0. The molecule has 0 saturated carbocycles. The van der Waals surface area contributed by atoms with Gasteiger partial charge in [0.25, 0.3) is 5.91 Å². The van der Waals surface area contributed by atoms with Crippen LogP contribution in [-0.2, 0) is 9.84 Å². The number of amides is 1. The molecule has 176 valence electrons. The van der Waals surface area contributed by atoms with Gasteiger partial charge in [0, 0.05) is 18.2 Å². The molecule has 0 aliphatic carbocycles. The van der Waals surface area contributed by atoms with Crippen molar-refractivity contribution in [2.45, 2.75) is 24.3 Å². The van der Waals surface area contributed by atoms with Crippen molar-refractivity contribution in [2.75, 3.05) is 33.5 Å². The molecule has 0 bridgehead atoms. The third-order valence-electron chi connectivity index (χ3n) is 5.29. The molecule has 33 heavy (non-hydrogen) atoms. The average molecular weight is 472 g/mol. The fourth-order valence-corrected chi connectivity index (χ4v) is 4.76. The van der Waals surface area contributed by atoms with Crippen LogP contribution in [0.3, 0.4) is 0 Å². The number of hydrogen-bond acceptors (Lipinski definition) is 7. The summed E-state index contributed by atoms with van der Waals surface area (Å²) in [7, 11) is 2.22. The van der Waals surface area contributed by atoms with Gasteiger partial charge in [-0.05, 0) is 62.5 Å². The van der Waals surface area contributed by atoms with E-state index < -0.39 is 9.84 Å². The lowest BCUT2D eigenvalue weighted by Crippen LogP contribution is -2.34. The maximum absolute atomic E-state index is 12.7. The van der Waals surface area contributed by atoms with E-state index in [2.05, 4.69) is 10.5 Å². The molecule has 3 rings (SSSR count). The minimum Gasteiger partial charge on any atom is -0.497 e. The summed E-state index contributed by atoms with van der Waals surface area (Å²) in [6.07, 6.45) is 0.553. The fourth-order valence-electron chi connectivity index (χ4n) is 3.44. The molecular weight excluding hydrogens is 442 g/mol. The minimum absolute atomic E-state index is 0.0381. The molecule has 9 heteroatoms. The van der Waals surface area contributed by atoms with Crippen molar-refractivity contribution in [3.63, 3.8) is 0 Å². The maximum Gasteiger partial charge on any atom is 0.273 e. The third kappa shape index (κ3) is 6.00. The Balaban J connectivity index is 1.67. The Kier molecular flexibility index (Phi) is 7.88. The Bertz CT molecular complexity index is 1170. The highest BCUT2D eigenvalue weighted by molar-refractivity contribution is 7.91. The molecule has 0 fully saturated rings. The van der Waals surface area contributed by atoms with Crippen molar-refractivity contribution in [2.24, 2.45) is 0 Å². The normalized spacial score (nSPS) is 12.5. The highest BCUT2D eigenvalue weighted by Gasteiger charge is 2.19. The summed E-state index contributed by atoms with van der Waals surface area (Å²) in [5.74, 6) is 0.904. The van der Waals surface area contributed by atoms with E-state index in [-0.39, 0.29) is 28.3 Å². The van der Waals surface area contributed by atoms with Gasteiger partial charge in [0.05, 0.1) is 23.8 Å². The van der Waals surface area contributed by atoms with Crippen molar-refractivity contribution >= 4 is 15.7 Å². The van der Waals surface area contributed by atoms with Crippen LogP contribution in [0.4, 0.5) is 0 Å². The molecule has 1 aromatic heterocycles. The van der Waals surface area contributed by atoms with Gasteiger partial charge in [-0.1, -0.05) is 24.2 Å². The molecule has 1 atom stereocenters. The number of rotatable bonds is 10. The predicted octanol–water partition coefficient (Wildman–Crippen LogP) is 3.57. The van der Waals surface area contributed by atoms with E-state index >= 15 is 0 Å². The molecule has 8 nitrogen and oxygen atoms in total. The molecule has 0 aliphatic heterocycles. The summed E-state index contributed by atoms with van der Waals surface area (Å²) in [6.45, 7) is 2.20. The van der Waals surface area contributed by atoms with Crippen LogP contribution in [0.2, 0.25) is 0 Å². The number of nitrogens with zero attached hydrogens (tertiary/aromatic N) is 2. The average Bonchev–Trinajstić information content (AvgIpc) is 3.30. The quantitative estimate of drug-likeness (QED) is 0.482. The molecule has 1 N–H and O–H groups in total. The van der Waals surface area contributed by atoms with E-state index in [1.54, 1.807) is 37.4 Å². The van der Waals surface area contributed by atoms with Crippen LogP contribution in [0.1, 0.15) is 35.4 Å². The maximum atomic E-state index is 12.7. The van der Waals surface area contributed by atoms with E-state index in [4.69, 9.17) is 9.26 Å². The minimum atomic E-state index is -3.29. The molecule has 3 aromatic rings. The number of nitrogens with one attached hydrogen (secondary N) is 1. The molecule has 0 radical (unpaired) electrons. The number of carbonyl (C=O) groups is 1. The molecule has 0 saturated heterocycles. The number of methoxy groups -OCH3 is 1. The van der Waals surface area contributed by atoms with Crippen LogP contribution >= 0.6 is 0 Å². The summed E-state index contributed by atoms with van der Waals surface area (Å²) < 4.78 is 34.9. The van der Waals surface area contributed by atoms with Crippen LogP contribution in [-0.4, -0.2) is 57.9 Å².